The van der Waals surface area contributed by atoms with Crippen molar-refractivity contribution in [2.24, 2.45) is 16.7 Å². The van der Waals surface area contributed by atoms with Gasteiger partial charge in [0, 0.05) is 136 Å². The third-order valence-corrected chi connectivity index (χ3v) is 26.5. The number of rotatable bonds is 24. The van der Waals surface area contributed by atoms with Crippen molar-refractivity contribution >= 4 is 17.7 Å². The lowest BCUT2D eigenvalue weighted by Gasteiger charge is -2.46. The quantitative estimate of drug-likeness (QED) is 0.0261. The van der Waals surface area contributed by atoms with Crippen LogP contribution in [0.4, 0.5) is 0 Å². The number of carbonyl (C=O) groups excluding carboxylic acids is 3. The Balaban J connectivity index is 0.000000185. The number of carbonyl (C=O) groups is 3. The van der Waals surface area contributed by atoms with Gasteiger partial charge in [-0.05, 0) is 280 Å². The van der Waals surface area contributed by atoms with Crippen molar-refractivity contribution in [2.45, 2.75) is 281 Å². The van der Waals surface area contributed by atoms with Crippen molar-refractivity contribution in [3.63, 3.8) is 0 Å². The Morgan fingerprint density at radius 2 is 0.549 bits per heavy atom. The Hall–Kier alpha value is -9.47. The molecule has 0 heterocycles. The van der Waals surface area contributed by atoms with Gasteiger partial charge in [0.15, 0.2) is 0 Å². The maximum absolute atomic E-state index is 12.1. The van der Waals surface area contributed by atoms with E-state index in [4.69, 9.17) is 37.9 Å². The number of phenols is 8. The number of ketones is 1. The first-order valence-corrected chi connectivity index (χ1v) is 43.0. The number of aromatic hydroxyl groups is 8. The second-order valence-electron chi connectivity index (χ2n) is 37.0. The van der Waals surface area contributed by atoms with Crippen molar-refractivity contribution in [3.05, 3.63) is 231 Å². The van der Waals surface area contributed by atoms with E-state index < -0.39 is 17.4 Å². The molecule has 8 aromatic carbocycles. The number of hydrogen-bond donors (Lipinski definition) is 8. The summed E-state index contributed by atoms with van der Waals surface area (Å²) >= 11 is 0. The second kappa shape index (κ2) is 40.9. The van der Waals surface area contributed by atoms with Gasteiger partial charge in [-0.25, -0.2) is 0 Å². The fourth-order valence-electron chi connectivity index (χ4n) is 19.8. The summed E-state index contributed by atoms with van der Waals surface area (Å²) in [5.74, 6) is 1.93. The number of hydrogen-bond acceptors (Lipinski definition) is 19. The van der Waals surface area contributed by atoms with Gasteiger partial charge in [-0.3, -0.25) is 14.4 Å². The van der Waals surface area contributed by atoms with Gasteiger partial charge < -0.3 is 78.7 Å². The first-order valence-electron chi connectivity index (χ1n) is 43.0. The van der Waals surface area contributed by atoms with Crippen LogP contribution in [0.2, 0.25) is 0 Å². The van der Waals surface area contributed by atoms with Crippen molar-refractivity contribution in [1.29, 1.82) is 0 Å². The molecule has 8 aromatic rings. The highest BCUT2D eigenvalue weighted by atomic mass is 16.5. The third-order valence-electron chi connectivity index (χ3n) is 26.5. The summed E-state index contributed by atoms with van der Waals surface area (Å²) in [6.07, 6.45) is 15.0. The number of phenolic OH excluding ortho intramolecular Hbond substituents is 8. The number of methoxy groups -OCH3 is 6. The molecule has 122 heavy (non-hydrogen) atoms. The van der Waals surface area contributed by atoms with Gasteiger partial charge >= 0.3 is 11.9 Å². The fourth-order valence-corrected chi connectivity index (χ4v) is 19.8. The largest absolute Gasteiger partial charge is 0.507 e. The van der Waals surface area contributed by atoms with E-state index >= 15 is 0 Å². The van der Waals surface area contributed by atoms with Crippen molar-refractivity contribution in [1.82, 2.24) is 0 Å². The highest BCUT2D eigenvalue weighted by Crippen LogP contribution is 2.57. The molecule has 0 spiro atoms. The molecule has 0 aliphatic heterocycles. The summed E-state index contributed by atoms with van der Waals surface area (Å²) in [6, 6.07) is 32.9. The Morgan fingerprint density at radius 3 is 0.795 bits per heavy atom. The van der Waals surface area contributed by atoms with Gasteiger partial charge in [0.2, 0.25) is 0 Å². The Morgan fingerprint density at radius 1 is 0.311 bits per heavy atom. The molecule has 19 nitrogen and oxygen atoms in total. The fraction of sp³-hybridized carbons (Fsp3) is 0.505. The molecule has 4 aliphatic carbocycles. The molecule has 1 unspecified atom stereocenters. The van der Waals surface area contributed by atoms with Crippen LogP contribution in [0.25, 0.3) is 0 Å². The molecular weight excluding hydrogens is 1540 g/mol. The van der Waals surface area contributed by atoms with Crippen LogP contribution >= 0.6 is 0 Å². The molecule has 1 atom stereocenters. The molecule has 8 N–H and O–H groups in total. The molecule has 662 valence electrons. The van der Waals surface area contributed by atoms with Gasteiger partial charge in [-0.2, -0.15) is 0 Å². The van der Waals surface area contributed by atoms with E-state index in [0.29, 0.717) is 133 Å². The average molecular weight is 1680 g/mol. The van der Waals surface area contributed by atoms with E-state index in [9.17, 15) is 55.2 Å². The zero-order chi connectivity index (χ0) is 89.7. The van der Waals surface area contributed by atoms with E-state index in [1.807, 2.05) is 65.8 Å². The Kier molecular flexibility index (Phi) is 32.3. The van der Waals surface area contributed by atoms with Crippen molar-refractivity contribution < 1.29 is 93.1 Å². The van der Waals surface area contributed by atoms with Crippen LogP contribution in [0.15, 0.2) is 97.1 Å². The van der Waals surface area contributed by atoms with Crippen LogP contribution < -0.4 is 0 Å². The zero-order valence-electron chi connectivity index (χ0n) is 76.4. The normalized spacial score (nSPS) is 17.3. The summed E-state index contributed by atoms with van der Waals surface area (Å²) in [5.41, 5.74) is 21.0. The summed E-state index contributed by atoms with van der Waals surface area (Å²) in [7, 11) is 9.92. The topological polar surface area (TPSA) is 287 Å². The number of Topliss-reactive ketones (excluding diaryl/α,β-unsaturated/α-hetero) is 1. The lowest BCUT2D eigenvalue weighted by atomic mass is 9.57. The van der Waals surface area contributed by atoms with Gasteiger partial charge in [0.25, 0.3) is 0 Å². The van der Waals surface area contributed by atoms with Gasteiger partial charge in [0.05, 0.1) is 39.6 Å². The molecule has 4 aliphatic rings. The van der Waals surface area contributed by atoms with E-state index in [1.165, 1.54) is 60.1 Å². The zero-order valence-corrected chi connectivity index (χ0v) is 76.4. The standard InChI is InChI=1S/C26H30O7.2C26H36O4.C25H34O4/c1-15-9-21(11-19(24(15)30)13-32-17(3)27)26(7-5-23(29)6-8-26)22-10-16(2)25(31)20(12-22)14-33-18(4)28;1-17-11-21(13-19(15-29-5)23(17)27)26(9-7-25(3,4)8-10-26)22-12-18(2)24(28)20(14-22)16-30-6;1-17-10-21(12-19(14-29-5)23(17)27)26(9-7-8-25(3,4)16-26)22-11-18(2)24(28)20(13-22)15-30-6;1-16-7-6-8-25(13-16,21-9-17(2)23(26)19(11-21)14-28-4)22-10-18(3)24(27)20(12-22)15-29-5/h9-12,30-31H,5-8,13-14H2,1-4H3;11-14,27-28H,7-10,15-16H2,1-6H3;10-13,27-28H,7-9,14-16H2,1-6H3;9-12,16,26-27H,6-8,13-15H2,1-5H3. The highest BCUT2D eigenvalue weighted by molar-refractivity contribution is 5.80. The van der Waals surface area contributed by atoms with Gasteiger partial charge in [-0.15, -0.1) is 0 Å². The first kappa shape index (κ1) is 96.4. The lowest BCUT2D eigenvalue weighted by Crippen LogP contribution is -2.38. The molecule has 0 amide bonds. The molecule has 19 heteroatoms. The molecule has 12 rings (SSSR count). The van der Waals surface area contributed by atoms with E-state index in [0.717, 1.165) is 142 Å². The Bertz CT molecular complexity index is 4760. The average Bonchev–Trinajstić information content (AvgIpc) is 0.764. The van der Waals surface area contributed by atoms with Crippen molar-refractivity contribution in [2.75, 3.05) is 42.7 Å². The maximum Gasteiger partial charge on any atom is 0.302 e. The Labute approximate surface area is 724 Å². The van der Waals surface area contributed by atoms with Gasteiger partial charge in [0.1, 0.15) is 65.0 Å². The van der Waals surface area contributed by atoms with E-state index in [-0.39, 0.29) is 52.2 Å². The predicted octanol–water partition coefficient (Wildman–Crippen LogP) is 21.6. The molecule has 4 fully saturated rings. The first-order chi connectivity index (χ1) is 57.6. The molecule has 0 aromatic heterocycles. The minimum absolute atomic E-state index is 0.0584. The monoisotopic (exact) mass is 1680 g/mol. The summed E-state index contributed by atoms with van der Waals surface area (Å²) in [6.45, 7) is 31.8. The minimum Gasteiger partial charge on any atom is -0.507 e. The van der Waals surface area contributed by atoms with Crippen LogP contribution in [0, 0.1) is 72.1 Å². The van der Waals surface area contributed by atoms with Gasteiger partial charge in [-0.1, -0.05) is 102 Å². The van der Waals surface area contributed by atoms with Crippen LogP contribution in [0.1, 0.15) is 285 Å². The molecular formula is C103H136O19. The summed E-state index contributed by atoms with van der Waals surface area (Å²) < 4.78 is 42.4. The lowest BCUT2D eigenvalue weighted by molar-refractivity contribution is -0.143. The highest BCUT2D eigenvalue weighted by Gasteiger charge is 2.47. The maximum atomic E-state index is 12.1. The SMILES string of the molecule is CC(=O)OCc1cc(C2(c3cc(C)c(O)c(COC(C)=O)c3)CCC(=O)CC2)cc(C)c1O.COCc1cc(C2(c3cc(C)c(O)c(COC)c3)CCC(C)(C)CC2)cc(C)c1O.COCc1cc(C2(c3cc(C)c(O)c(COC)c3)CCCC(C)(C)C2)cc(C)c1O.COCc1cc(C2(c3cc(C)c(O)c(COC)c3)CCCC(C)C2)cc(C)c1O. The van der Waals surface area contributed by atoms with Crippen LogP contribution in [0.3, 0.4) is 0 Å². The van der Waals surface area contributed by atoms with Crippen LogP contribution in [0.5, 0.6) is 46.0 Å². The van der Waals surface area contributed by atoms with E-state index in [2.05, 4.69) is 107 Å². The summed E-state index contributed by atoms with van der Waals surface area (Å²) in [4.78, 5) is 34.8. The molecule has 0 bridgehead atoms. The van der Waals surface area contributed by atoms with Crippen molar-refractivity contribution in [3.8, 4) is 46.0 Å². The third kappa shape index (κ3) is 21.8. The molecule has 0 saturated heterocycles. The smallest absolute Gasteiger partial charge is 0.302 e. The number of esters is 2. The number of aryl methyl sites for hydroxylation is 8. The number of benzene rings is 8. The number of ether oxygens (including phenoxy) is 8. The molecule has 4 saturated carbocycles. The van der Waals surface area contributed by atoms with Crippen LogP contribution in [-0.2, 0) is 127 Å². The van der Waals surface area contributed by atoms with Crippen LogP contribution in [-0.4, -0.2) is 101 Å². The summed E-state index contributed by atoms with van der Waals surface area (Å²) in [5, 5.41) is 84.4. The predicted molar refractivity (Wildman–Crippen MR) is 477 cm³/mol. The second-order valence-corrected chi connectivity index (χ2v) is 37.0. The molecule has 0 radical (unpaired) electrons. The van der Waals surface area contributed by atoms with E-state index in [1.54, 1.807) is 56.5 Å². The minimum atomic E-state index is -0.555.